The SMILES string of the molecule is Cc1nc(/C=C/C(=O)OCC(=O)N(CCC#N)c2ccccc2)cs1. The van der Waals surface area contributed by atoms with Crippen molar-refractivity contribution in [3.8, 4) is 6.07 Å². The Balaban J connectivity index is 1.92. The van der Waals surface area contributed by atoms with Crippen molar-refractivity contribution in [2.75, 3.05) is 18.1 Å². The standard InChI is InChI=1S/C18H17N3O3S/c1-14-20-15(13-25-14)8-9-18(23)24-12-17(22)21(11-5-10-19)16-6-3-2-4-7-16/h2-4,6-9,13H,5,11-12H2,1H3/b9-8+. The number of ether oxygens (including phenoxy) is 1. The van der Waals surface area contributed by atoms with Gasteiger partial charge in [-0.1, -0.05) is 18.2 Å². The minimum Gasteiger partial charge on any atom is -0.452 e. The molecule has 1 aromatic carbocycles. The lowest BCUT2D eigenvalue weighted by molar-refractivity contribution is -0.142. The number of anilines is 1. The van der Waals surface area contributed by atoms with Crippen molar-refractivity contribution in [2.24, 2.45) is 0 Å². The summed E-state index contributed by atoms with van der Waals surface area (Å²) in [6, 6.07) is 11.0. The number of carbonyl (C=O) groups is 2. The minimum absolute atomic E-state index is 0.192. The fourth-order valence-corrected chi connectivity index (χ4v) is 2.62. The largest absolute Gasteiger partial charge is 0.452 e. The Morgan fingerprint density at radius 2 is 2.12 bits per heavy atom. The number of amides is 1. The summed E-state index contributed by atoms with van der Waals surface area (Å²) in [4.78, 5) is 29.7. The average molecular weight is 355 g/mol. The third-order valence-electron chi connectivity index (χ3n) is 3.18. The Hall–Kier alpha value is -2.98. The highest BCUT2D eigenvalue weighted by Crippen LogP contribution is 2.14. The number of rotatable bonds is 7. The summed E-state index contributed by atoms with van der Waals surface area (Å²) in [5.74, 6) is -1.000. The van der Waals surface area contributed by atoms with E-state index in [1.54, 1.807) is 30.3 Å². The molecular formula is C18H17N3O3S. The zero-order chi connectivity index (χ0) is 18.1. The molecule has 1 amide bonds. The monoisotopic (exact) mass is 355 g/mol. The van der Waals surface area contributed by atoms with Crippen LogP contribution in [-0.2, 0) is 14.3 Å². The van der Waals surface area contributed by atoms with E-state index < -0.39 is 5.97 Å². The number of thiazole rings is 1. The average Bonchev–Trinajstić information content (AvgIpc) is 3.05. The van der Waals surface area contributed by atoms with Gasteiger partial charge in [-0.3, -0.25) is 4.79 Å². The Labute approximate surface area is 150 Å². The Bertz CT molecular complexity index is 793. The fourth-order valence-electron chi connectivity index (χ4n) is 2.04. The van der Waals surface area contributed by atoms with E-state index in [9.17, 15) is 9.59 Å². The molecule has 7 heteroatoms. The van der Waals surface area contributed by atoms with Crippen molar-refractivity contribution >= 4 is 35.0 Å². The molecule has 0 aliphatic rings. The van der Waals surface area contributed by atoms with Gasteiger partial charge in [-0.25, -0.2) is 9.78 Å². The summed E-state index contributed by atoms with van der Waals surface area (Å²) >= 11 is 1.48. The molecule has 0 unspecified atom stereocenters. The Kier molecular flexibility index (Phi) is 6.87. The molecule has 0 aliphatic heterocycles. The van der Waals surface area contributed by atoms with Crippen LogP contribution in [0.15, 0.2) is 41.8 Å². The molecule has 0 bridgehead atoms. The number of esters is 1. The van der Waals surface area contributed by atoms with Crippen LogP contribution in [-0.4, -0.2) is 30.0 Å². The molecule has 0 spiro atoms. The van der Waals surface area contributed by atoms with Crippen molar-refractivity contribution in [1.82, 2.24) is 4.98 Å². The molecular weight excluding hydrogens is 338 g/mol. The van der Waals surface area contributed by atoms with Gasteiger partial charge in [-0.2, -0.15) is 5.26 Å². The van der Waals surface area contributed by atoms with Gasteiger partial charge in [-0.15, -0.1) is 11.3 Å². The number of hydrogen-bond acceptors (Lipinski definition) is 6. The van der Waals surface area contributed by atoms with Crippen molar-refractivity contribution in [3.63, 3.8) is 0 Å². The second-order valence-electron chi connectivity index (χ2n) is 5.02. The molecule has 0 N–H and O–H groups in total. The Morgan fingerprint density at radius 1 is 1.36 bits per heavy atom. The maximum absolute atomic E-state index is 12.3. The Morgan fingerprint density at radius 3 is 2.76 bits per heavy atom. The highest BCUT2D eigenvalue weighted by atomic mass is 32.1. The first kappa shape index (κ1) is 18.4. The van der Waals surface area contributed by atoms with Gasteiger partial charge in [0.2, 0.25) is 0 Å². The number of nitrogens with zero attached hydrogens (tertiary/aromatic N) is 3. The summed E-state index contributed by atoms with van der Waals surface area (Å²) in [5.41, 5.74) is 1.33. The molecule has 0 saturated heterocycles. The molecule has 0 atom stereocenters. The van der Waals surface area contributed by atoms with Crippen LogP contribution in [0.25, 0.3) is 6.08 Å². The first-order chi connectivity index (χ1) is 12.1. The van der Waals surface area contributed by atoms with Crippen LogP contribution >= 0.6 is 11.3 Å². The third kappa shape index (κ3) is 5.86. The summed E-state index contributed by atoms with van der Waals surface area (Å²) in [6.07, 6.45) is 2.97. The predicted octanol–water partition coefficient (Wildman–Crippen LogP) is 2.95. The van der Waals surface area contributed by atoms with Gasteiger partial charge in [-0.05, 0) is 25.1 Å². The second-order valence-corrected chi connectivity index (χ2v) is 6.08. The van der Waals surface area contributed by atoms with E-state index in [4.69, 9.17) is 10.00 Å². The normalized spacial score (nSPS) is 10.4. The zero-order valence-electron chi connectivity index (χ0n) is 13.7. The third-order valence-corrected chi connectivity index (χ3v) is 3.97. The van der Waals surface area contributed by atoms with Crippen molar-refractivity contribution < 1.29 is 14.3 Å². The number of hydrogen-bond donors (Lipinski definition) is 0. The summed E-state index contributed by atoms with van der Waals surface area (Å²) < 4.78 is 4.99. The summed E-state index contributed by atoms with van der Waals surface area (Å²) in [5, 5.41) is 11.5. The van der Waals surface area contributed by atoms with E-state index in [1.807, 2.05) is 24.4 Å². The van der Waals surface area contributed by atoms with Crippen LogP contribution in [0.4, 0.5) is 5.69 Å². The number of aryl methyl sites for hydroxylation is 1. The van der Waals surface area contributed by atoms with E-state index in [0.717, 1.165) is 5.01 Å². The van der Waals surface area contributed by atoms with Crippen LogP contribution in [0, 0.1) is 18.3 Å². The molecule has 0 radical (unpaired) electrons. The van der Waals surface area contributed by atoms with E-state index in [0.29, 0.717) is 11.4 Å². The quantitative estimate of drug-likeness (QED) is 0.563. The van der Waals surface area contributed by atoms with Gasteiger partial charge in [0, 0.05) is 23.7 Å². The number of benzene rings is 1. The highest BCUT2D eigenvalue weighted by Gasteiger charge is 2.16. The topological polar surface area (TPSA) is 83.3 Å². The highest BCUT2D eigenvalue weighted by molar-refractivity contribution is 7.09. The van der Waals surface area contributed by atoms with Gasteiger partial charge in [0.25, 0.3) is 5.91 Å². The van der Waals surface area contributed by atoms with E-state index in [2.05, 4.69) is 4.98 Å². The minimum atomic E-state index is -0.618. The molecule has 2 aromatic rings. The number of carbonyl (C=O) groups excluding carboxylic acids is 2. The van der Waals surface area contributed by atoms with Gasteiger partial charge in [0.1, 0.15) is 0 Å². The lowest BCUT2D eigenvalue weighted by Gasteiger charge is -2.21. The van der Waals surface area contributed by atoms with Gasteiger partial charge in [0.05, 0.1) is 23.2 Å². The molecule has 0 aliphatic carbocycles. The lowest BCUT2D eigenvalue weighted by atomic mass is 10.2. The van der Waals surface area contributed by atoms with E-state index >= 15 is 0 Å². The van der Waals surface area contributed by atoms with Crippen LogP contribution in [0.5, 0.6) is 0 Å². The maximum atomic E-state index is 12.3. The second kappa shape index (κ2) is 9.35. The zero-order valence-corrected chi connectivity index (χ0v) is 14.5. The number of nitriles is 1. The van der Waals surface area contributed by atoms with Crippen molar-refractivity contribution in [1.29, 1.82) is 5.26 Å². The smallest absolute Gasteiger partial charge is 0.331 e. The molecule has 0 saturated carbocycles. The van der Waals surface area contributed by atoms with Crippen LogP contribution in [0.3, 0.4) is 0 Å². The molecule has 0 fully saturated rings. The molecule has 1 heterocycles. The molecule has 2 rings (SSSR count). The molecule has 128 valence electrons. The summed E-state index contributed by atoms with van der Waals surface area (Å²) in [7, 11) is 0. The fraction of sp³-hybridized carbons (Fsp3) is 0.222. The summed E-state index contributed by atoms with van der Waals surface area (Å²) in [6.45, 7) is 1.73. The van der Waals surface area contributed by atoms with Gasteiger partial charge >= 0.3 is 5.97 Å². The van der Waals surface area contributed by atoms with Crippen LogP contribution in [0.2, 0.25) is 0 Å². The van der Waals surface area contributed by atoms with E-state index in [1.165, 1.54) is 22.3 Å². The van der Waals surface area contributed by atoms with Gasteiger partial charge in [0.15, 0.2) is 6.61 Å². The first-order valence-electron chi connectivity index (χ1n) is 7.59. The number of para-hydroxylation sites is 1. The van der Waals surface area contributed by atoms with Crippen molar-refractivity contribution in [3.05, 3.63) is 52.5 Å². The number of aromatic nitrogens is 1. The van der Waals surface area contributed by atoms with Gasteiger partial charge < -0.3 is 9.64 Å². The maximum Gasteiger partial charge on any atom is 0.331 e. The van der Waals surface area contributed by atoms with Crippen molar-refractivity contribution in [2.45, 2.75) is 13.3 Å². The molecule has 25 heavy (non-hydrogen) atoms. The first-order valence-corrected chi connectivity index (χ1v) is 8.47. The molecule has 6 nitrogen and oxygen atoms in total. The van der Waals surface area contributed by atoms with E-state index in [-0.39, 0.29) is 25.5 Å². The lowest BCUT2D eigenvalue weighted by Crippen LogP contribution is -2.35. The van der Waals surface area contributed by atoms with Crippen LogP contribution in [0.1, 0.15) is 17.1 Å². The predicted molar refractivity (Wildman–Crippen MR) is 95.9 cm³/mol. The van der Waals surface area contributed by atoms with Crippen LogP contribution < -0.4 is 4.90 Å². The molecule has 1 aromatic heterocycles.